The van der Waals surface area contributed by atoms with E-state index >= 15 is 0 Å². The zero-order chi connectivity index (χ0) is 23.3. The van der Waals surface area contributed by atoms with Gasteiger partial charge >= 0.3 is 5.97 Å². The van der Waals surface area contributed by atoms with Crippen molar-refractivity contribution in [3.05, 3.63) is 70.7 Å². The Labute approximate surface area is 192 Å². The van der Waals surface area contributed by atoms with Crippen molar-refractivity contribution in [3.63, 3.8) is 0 Å². The van der Waals surface area contributed by atoms with Gasteiger partial charge in [0.1, 0.15) is 5.65 Å². The lowest BCUT2D eigenvalue weighted by Crippen LogP contribution is -2.29. The van der Waals surface area contributed by atoms with Crippen molar-refractivity contribution in [2.75, 3.05) is 6.61 Å². The van der Waals surface area contributed by atoms with Gasteiger partial charge in [0.15, 0.2) is 0 Å². The normalized spacial score (nSPS) is 15.9. The third kappa shape index (κ3) is 3.81. The molecule has 0 saturated heterocycles. The number of pyridine rings is 1. The van der Waals surface area contributed by atoms with Gasteiger partial charge in [0.25, 0.3) is 11.8 Å². The first kappa shape index (κ1) is 21.4. The molecule has 2 amide bonds. The van der Waals surface area contributed by atoms with Crippen molar-refractivity contribution in [2.45, 2.75) is 52.5 Å². The zero-order valence-electron chi connectivity index (χ0n) is 19.1. The second-order valence-corrected chi connectivity index (χ2v) is 9.56. The molecule has 1 fully saturated rings. The molecule has 2 aliphatic rings. The van der Waals surface area contributed by atoms with Crippen LogP contribution in [-0.2, 0) is 22.5 Å². The second-order valence-electron chi connectivity index (χ2n) is 9.56. The maximum Gasteiger partial charge on any atom is 0.311 e. The molecule has 0 atom stereocenters. The fraction of sp³-hybridized carbons (Fsp3) is 0.385. The van der Waals surface area contributed by atoms with E-state index in [1.807, 2.05) is 24.4 Å². The summed E-state index contributed by atoms with van der Waals surface area (Å²) in [5.41, 5.74) is 3.72. The number of benzene rings is 1. The lowest BCUT2D eigenvalue weighted by Gasteiger charge is -2.23. The van der Waals surface area contributed by atoms with Gasteiger partial charge in [-0.2, -0.15) is 0 Å². The van der Waals surface area contributed by atoms with E-state index in [1.165, 1.54) is 10.5 Å². The van der Waals surface area contributed by atoms with E-state index in [1.54, 1.807) is 31.2 Å². The minimum atomic E-state index is -0.701. The Bertz CT molecular complexity index is 1250. The predicted octanol–water partition coefficient (Wildman–Crippen LogP) is 4.14. The summed E-state index contributed by atoms with van der Waals surface area (Å²) in [5, 5.41) is 0. The standard InChI is InChI=1S/C26H27N3O4/c1-4-33-25(32)26(2,3)12-17-11-18(16-9-10-16)13-28-14-19(27-22(17)28)15-29-23(30)20-7-5-6-8-21(20)24(29)31/h5-8,11,13-14,16H,4,9-10,12,15H2,1-3H3. The van der Waals surface area contributed by atoms with Crippen molar-refractivity contribution in [1.82, 2.24) is 14.3 Å². The van der Waals surface area contributed by atoms with Crippen molar-refractivity contribution in [3.8, 4) is 0 Å². The van der Waals surface area contributed by atoms with Crippen molar-refractivity contribution < 1.29 is 19.1 Å². The Balaban J connectivity index is 1.49. The SMILES string of the molecule is CCOC(=O)C(C)(C)Cc1cc(C2CC2)cn2cc(CN3C(=O)c4ccccc4C3=O)nc12. The predicted molar refractivity (Wildman–Crippen MR) is 122 cm³/mol. The minimum Gasteiger partial charge on any atom is -0.466 e. The summed E-state index contributed by atoms with van der Waals surface area (Å²) in [5.74, 6) is -0.302. The Morgan fingerprint density at radius 1 is 1.12 bits per heavy atom. The van der Waals surface area contributed by atoms with Gasteiger partial charge in [-0.15, -0.1) is 0 Å². The largest absolute Gasteiger partial charge is 0.466 e. The molecule has 3 heterocycles. The van der Waals surface area contributed by atoms with Gasteiger partial charge in [-0.1, -0.05) is 18.2 Å². The number of rotatable bonds is 7. The summed E-state index contributed by atoms with van der Waals surface area (Å²) in [6, 6.07) is 9.02. The minimum absolute atomic E-state index is 0.105. The molecular formula is C26H27N3O4. The third-order valence-corrected chi connectivity index (χ3v) is 6.41. The number of nitrogens with zero attached hydrogens (tertiary/aromatic N) is 3. The molecule has 0 unspecified atom stereocenters. The second kappa shape index (κ2) is 7.83. The van der Waals surface area contributed by atoms with E-state index in [0.29, 0.717) is 35.8 Å². The Morgan fingerprint density at radius 3 is 2.39 bits per heavy atom. The molecule has 33 heavy (non-hydrogen) atoms. The van der Waals surface area contributed by atoms with Gasteiger partial charge in [-0.25, -0.2) is 4.98 Å². The number of imide groups is 1. The number of carbonyl (C=O) groups excluding carboxylic acids is 3. The first-order chi connectivity index (χ1) is 15.8. The van der Waals surface area contributed by atoms with E-state index in [0.717, 1.165) is 24.1 Å². The first-order valence-electron chi connectivity index (χ1n) is 11.4. The van der Waals surface area contributed by atoms with Crippen molar-refractivity contribution in [2.24, 2.45) is 5.41 Å². The molecule has 0 N–H and O–H groups in total. The number of imidazole rings is 1. The zero-order valence-corrected chi connectivity index (χ0v) is 19.1. The molecule has 7 heteroatoms. The summed E-state index contributed by atoms with van der Waals surface area (Å²) in [6.07, 6.45) is 6.75. The first-order valence-corrected chi connectivity index (χ1v) is 11.4. The van der Waals surface area contributed by atoms with Crippen LogP contribution in [-0.4, -0.2) is 38.7 Å². The van der Waals surface area contributed by atoms with Gasteiger partial charge in [-0.3, -0.25) is 19.3 Å². The molecule has 170 valence electrons. The fourth-order valence-electron chi connectivity index (χ4n) is 4.51. The van der Waals surface area contributed by atoms with Crippen LogP contribution in [0.3, 0.4) is 0 Å². The number of carbonyl (C=O) groups is 3. The number of fused-ring (bicyclic) bond motifs is 2. The average molecular weight is 446 g/mol. The highest BCUT2D eigenvalue weighted by atomic mass is 16.5. The smallest absolute Gasteiger partial charge is 0.311 e. The van der Waals surface area contributed by atoms with E-state index in [-0.39, 0.29) is 24.3 Å². The molecule has 1 aliphatic heterocycles. The average Bonchev–Trinajstić information content (AvgIpc) is 3.51. The number of ether oxygens (including phenoxy) is 1. The van der Waals surface area contributed by atoms with Crippen LogP contribution in [0, 0.1) is 5.41 Å². The van der Waals surface area contributed by atoms with Crippen LogP contribution in [0.1, 0.15) is 77.1 Å². The molecule has 7 nitrogen and oxygen atoms in total. The van der Waals surface area contributed by atoms with Crippen LogP contribution in [0.15, 0.2) is 42.7 Å². The van der Waals surface area contributed by atoms with Crippen LogP contribution < -0.4 is 0 Å². The van der Waals surface area contributed by atoms with E-state index in [4.69, 9.17) is 9.72 Å². The Hall–Kier alpha value is -3.48. The Kier molecular flexibility index (Phi) is 5.07. The van der Waals surface area contributed by atoms with Crippen LogP contribution >= 0.6 is 0 Å². The number of hydrogen-bond donors (Lipinski definition) is 0. The number of esters is 1. The van der Waals surface area contributed by atoms with Crippen LogP contribution in [0.2, 0.25) is 0 Å². The topological polar surface area (TPSA) is 81.0 Å². The van der Waals surface area contributed by atoms with Gasteiger partial charge in [-0.05, 0) is 69.2 Å². The van der Waals surface area contributed by atoms with E-state index in [9.17, 15) is 14.4 Å². The lowest BCUT2D eigenvalue weighted by atomic mass is 9.85. The lowest BCUT2D eigenvalue weighted by molar-refractivity contribution is -0.153. The number of aromatic nitrogens is 2. The number of amides is 2. The van der Waals surface area contributed by atoms with Crippen LogP contribution in [0.25, 0.3) is 5.65 Å². The summed E-state index contributed by atoms with van der Waals surface area (Å²) >= 11 is 0. The van der Waals surface area contributed by atoms with Crippen molar-refractivity contribution >= 4 is 23.4 Å². The summed E-state index contributed by atoms with van der Waals surface area (Å²) in [4.78, 5) is 44.1. The highest BCUT2D eigenvalue weighted by Gasteiger charge is 2.36. The molecule has 1 saturated carbocycles. The fourth-order valence-corrected chi connectivity index (χ4v) is 4.51. The van der Waals surface area contributed by atoms with Crippen LogP contribution in [0.5, 0.6) is 0 Å². The molecule has 0 spiro atoms. The molecule has 0 radical (unpaired) electrons. The molecular weight excluding hydrogens is 418 g/mol. The molecule has 1 aromatic carbocycles. The highest BCUT2D eigenvalue weighted by Crippen LogP contribution is 2.41. The summed E-state index contributed by atoms with van der Waals surface area (Å²) in [6.45, 7) is 6.02. The monoisotopic (exact) mass is 445 g/mol. The molecule has 1 aliphatic carbocycles. The highest BCUT2D eigenvalue weighted by molar-refractivity contribution is 6.21. The van der Waals surface area contributed by atoms with Crippen molar-refractivity contribution in [1.29, 1.82) is 0 Å². The molecule has 3 aromatic rings. The van der Waals surface area contributed by atoms with Gasteiger partial charge in [0.05, 0.1) is 35.4 Å². The molecule has 0 bridgehead atoms. The summed E-state index contributed by atoms with van der Waals surface area (Å²) in [7, 11) is 0. The number of hydrogen-bond acceptors (Lipinski definition) is 5. The summed E-state index contributed by atoms with van der Waals surface area (Å²) < 4.78 is 7.25. The van der Waals surface area contributed by atoms with E-state index < -0.39 is 5.41 Å². The van der Waals surface area contributed by atoms with Gasteiger partial charge in [0.2, 0.25) is 0 Å². The maximum atomic E-state index is 12.8. The van der Waals surface area contributed by atoms with E-state index in [2.05, 4.69) is 12.3 Å². The van der Waals surface area contributed by atoms with Gasteiger partial charge in [0, 0.05) is 12.4 Å². The maximum absolute atomic E-state index is 12.8. The molecule has 5 rings (SSSR count). The quantitative estimate of drug-likeness (QED) is 0.403. The van der Waals surface area contributed by atoms with Gasteiger partial charge < -0.3 is 9.14 Å². The molecule has 2 aromatic heterocycles. The third-order valence-electron chi connectivity index (χ3n) is 6.41. The Morgan fingerprint density at radius 2 is 1.79 bits per heavy atom. The van der Waals surface area contributed by atoms with Crippen LogP contribution in [0.4, 0.5) is 0 Å².